The molecule has 1 unspecified atom stereocenters. The Bertz CT molecular complexity index is 91.0. The van der Waals surface area contributed by atoms with Gasteiger partial charge >= 0.3 is 0 Å². The number of rotatable bonds is 2. The Labute approximate surface area is 69.8 Å². The Kier molecular flexibility index (Phi) is 3.92. The molecule has 1 aliphatic rings. The Morgan fingerprint density at radius 1 is 1.18 bits per heavy atom. The number of hydrogen-bond donors (Lipinski definition) is 0. The first kappa shape index (κ1) is 9.05. The topological polar surface area (TPSA) is 19.9 Å². The first-order valence-electron chi connectivity index (χ1n) is 4.95. The molecule has 1 rings (SSSR count). The average Bonchev–Trinajstić information content (AvgIpc) is 2.14. The summed E-state index contributed by atoms with van der Waals surface area (Å²) >= 11 is 0. The van der Waals surface area contributed by atoms with E-state index in [1.165, 1.54) is 38.5 Å². The molecule has 0 aliphatic heterocycles. The molecule has 0 aromatic rings. The molecule has 0 aromatic heterocycles. The van der Waals surface area contributed by atoms with Crippen molar-refractivity contribution in [2.75, 3.05) is 0 Å². The first-order chi connectivity index (χ1) is 5.29. The van der Waals surface area contributed by atoms with Crippen molar-refractivity contribution in [3.8, 4) is 0 Å². The molecule has 11 heavy (non-hydrogen) atoms. The van der Waals surface area contributed by atoms with Gasteiger partial charge in [0.25, 0.3) is 0 Å². The maximum absolute atomic E-state index is 10.9. The van der Waals surface area contributed by atoms with E-state index in [1.54, 1.807) is 6.92 Å². The van der Waals surface area contributed by atoms with Gasteiger partial charge in [0.15, 0.2) is 0 Å². The number of hydrogen-bond acceptors (Lipinski definition) is 0. The molecule has 0 aromatic carbocycles. The molecule has 0 saturated heterocycles. The highest BCUT2D eigenvalue weighted by molar-refractivity contribution is 4.66. The fourth-order valence-electron chi connectivity index (χ4n) is 2.07. The molecule has 0 amide bonds. The minimum Gasteiger partial charge on any atom is -0.233 e. The van der Waals surface area contributed by atoms with Gasteiger partial charge in [-0.1, -0.05) is 38.5 Å². The van der Waals surface area contributed by atoms with Gasteiger partial charge in [0.05, 0.1) is 6.10 Å². The average molecular weight is 155 g/mol. The van der Waals surface area contributed by atoms with Crippen molar-refractivity contribution in [1.29, 1.82) is 0 Å². The molecule has 1 nitrogen and oxygen atoms in total. The highest BCUT2D eigenvalue weighted by Crippen LogP contribution is 2.26. The lowest BCUT2D eigenvalue weighted by atomic mass is 9.94. The van der Waals surface area contributed by atoms with Gasteiger partial charge in [-0.3, -0.25) is 0 Å². The van der Waals surface area contributed by atoms with E-state index in [2.05, 4.69) is 0 Å². The second-order valence-corrected chi connectivity index (χ2v) is 3.90. The second kappa shape index (κ2) is 4.76. The van der Waals surface area contributed by atoms with Crippen LogP contribution in [0.2, 0.25) is 0 Å². The Hall–Kier alpha value is -0.0400. The molecule has 1 atom stereocenters. The SMILES string of the molecule is CC([O])CC1CCCCCC1. The van der Waals surface area contributed by atoms with Gasteiger partial charge in [-0.25, -0.2) is 5.11 Å². The summed E-state index contributed by atoms with van der Waals surface area (Å²) in [4.78, 5) is 0. The molecule has 0 spiro atoms. The fraction of sp³-hybridized carbons (Fsp3) is 1.00. The molecule has 0 bridgehead atoms. The van der Waals surface area contributed by atoms with Crippen LogP contribution in [0.4, 0.5) is 0 Å². The third-order valence-corrected chi connectivity index (χ3v) is 2.64. The maximum atomic E-state index is 10.9. The molecule has 1 heteroatoms. The van der Waals surface area contributed by atoms with Crippen LogP contribution in [0.1, 0.15) is 51.9 Å². The third kappa shape index (κ3) is 3.76. The van der Waals surface area contributed by atoms with Gasteiger partial charge in [-0.2, -0.15) is 0 Å². The molecule has 1 saturated carbocycles. The van der Waals surface area contributed by atoms with E-state index in [9.17, 15) is 5.11 Å². The summed E-state index contributed by atoms with van der Waals surface area (Å²) in [5.74, 6) is 0.755. The van der Waals surface area contributed by atoms with Crippen LogP contribution in [0.25, 0.3) is 0 Å². The van der Waals surface area contributed by atoms with Crippen LogP contribution in [-0.4, -0.2) is 6.10 Å². The predicted octanol–water partition coefficient (Wildman–Crippen LogP) is 3.17. The lowest BCUT2D eigenvalue weighted by Crippen LogP contribution is -2.07. The van der Waals surface area contributed by atoms with Crippen LogP contribution in [0.15, 0.2) is 0 Å². The summed E-state index contributed by atoms with van der Waals surface area (Å²) in [6.45, 7) is 1.80. The summed E-state index contributed by atoms with van der Waals surface area (Å²) in [5, 5.41) is 10.9. The Balaban J connectivity index is 2.20. The van der Waals surface area contributed by atoms with E-state index in [4.69, 9.17) is 0 Å². The lowest BCUT2D eigenvalue weighted by Gasteiger charge is -2.13. The Morgan fingerprint density at radius 3 is 2.18 bits per heavy atom. The van der Waals surface area contributed by atoms with Crippen LogP contribution in [0, 0.1) is 5.92 Å². The van der Waals surface area contributed by atoms with Crippen molar-refractivity contribution in [1.82, 2.24) is 0 Å². The van der Waals surface area contributed by atoms with Gasteiger partial charge in [-0.15, -0.1) is 0 Å². The van der Waals surface area contributed by atoms with Crippen LogP contribution in [0.3, 0.4) is 0 Å². The normalized spacial score (nSPS) is 24.5. The van der Waals surface area contributed by atoms with E-state index < -0.39 is 0 Å². The minimum atomic E-state index is -0.335. The zero-order chi connectivity index (χ0) is 8.10. The third-order valence-electron chi connectivity index (χ3n) is 2.64. The maximum Gasteiger partial charge on any atom is 0.0904 e. The van der Waals surface area contributed by atoms with Crippen molar-refractivity contribution < 1.29 is 5.11 Å². The predicted molar refractivity (Wildman–Crippen MR) is 46.0 cm³/mol. The van der Waals surface area contributed by atoms with Gasteiger partial charge in [0.2, 0.25) is 0 Å². The first-order valence-corrected chi connectivity index (χ1v) is 4.95. The molecule has 0 N–H and O–H groups in total. The van der Waals surface area contributed by atoms with Crippen LogP contribution < -0.4 is 0 Å². The largest absolute Gasteiger partial charge is 0.233 e. The van der Waals surface area contributed by atoms with Crippen molar-refractivity contribution in [2.45, 2.75) is 58.0 Å². The van der Waals surface area contributed by atoms with Gasteiger partial charge < -0.3 is 0 Å². The summed E-state index contributed by atoms with van der Waals surface area (Å²) in [7, 11) is 0. The van der Waals surface area contributed by atoms with Crippen molar-refractivity contribution in [3.63, 3.8) is 0 Å². The van der Waals surface area contributed by atoms with E-state index in [0.717, 1.165) is 12.3 Å². The smallest absolute Gasteiger partial charge is 0.0904 e. The summed E-state index contributed by atoms with van der Waals surface area (Å²) in [6, 6.07) is 0. The van der Waals surface area contributed by atoms with Crippen molar-refractivity contribution in [2.24, 2.45) is 5.92 Å². The zero-order valence-electron chi connectivity index (χ0n) is 7.51. The molecule has 1 radical (unpaired) electrons. The van der Waals surface area contributed by atoms with Gasteiger partial charge in [-0.05, 0) is 19.3 Å². The van der Waals surface area contributed by atoms with Crippen LogP contribution >= 0.6 is 0 Å². The molecule has 65 valence electrons. The molecule has 1 aliphatic carbocycles. The van der Waals surface area contributed by atoms with Gasteiger partial charge in [0, 0.05) is 0 Å². The minimum absolute atomic E-state index is 0.335. The highest BCUT2D eigenvalue weighted by Gasteiger charge is 2.14. The van der Waals surface area contributed by atoms with E-state index in [1.807, 2.05) is 0 Å². The van der Waals surface area contributed by atoms with Crippen LogP contribution in [-0.2, 0) is 5.11 Å². The lowest BCUT2D eigenvalue weighted by molar-refractivity contribution is 0.0789. The monoisotopic (exact) mass is 155 g/mol. The van der Waals surface area contributed by atoms with Crippen molar-refractivity contribution in [3.05, 3.63) is 0 Å². The zero-order valence-corrected chi connectivity index (χ0v) is 7.51. The highest BCUT2D eigenvalue weighted by atomic mass is 16.3. The molecular formula is C10H19O. The summed E-state index contributed by atoms with van der Waals surface area (Å²) in [5.41, 5.74) is 0. The summed E-state index contributed by atoms with van der Waals surface area (Å²) in [6.07, 6.45) is 8.71. The van der Waals surface area contributed by atoms with E-state index in [0.29, 0.717) is 0 Å². The van der Waals surface area contributed by atoms with Crippen LogP contribution in [0.5, 0.6) is 0 Å². The standard InChI is InChI=1S/C10H19O/c1-9(11)8-10-6-4-2-3-5-7-10/h9-10H,2-8H2,1H3. The van der Waals surface area contributed by atoms with Gasteiger partial charge in [0.1, 0.15) is 0 Å². The van der Waals surface area contributed by atoms with E-state index >= 15 is 0 Å². The fourth-order valence-corrected chi connectivity index (χ4v) is 2.07. The Morgan fingerprint density at radius 2 is 1.73 bits per heavy atom. The second-order valence-electron chi connectivity index (χ2n) is 3.90. The molecule has 1 fully saturated rings. The molecule has 0 heterocycles. The van der Waals surface area contributed by atoms with Crippen molar-refractivity contribution >= 4 is 0 Å². The summed E-state index contributed by atoms with van der Waals surface area (Å²) < 4.78 is 0. The van der Waals surface area contributed by atoms with E-state index in [-0.39, 0.29) is 6.10 Å². The quantitative estimate of drug-likeness (QED) is 0.546. The molecular weight excluding hydrogens is 136 g/mol.